The van der Waals surface area contributed by atoms with Crippen LogP contribution in [0.5, 0.6) is 0 Å². The molecule has 9 heteroatoms. The van der Waals surface area contributed by atoms with Crippen LogP contribution in [-0.4, -0.2) is 21.5 Å². The summed E-state index contributed by atoms with van der Waals surface area (Å²) < 4.78 is 14.5. The number of rotatable bonds is 7. The van der Waals surface area contributed by atoms with Gasteiger partial charge < -0.3 is 5.32 Å². The maximum atomic E-state index is 14.5. The van der Waals surface area contributed by atoms with E-state index < -0.39 is 5.82 Å². The topological polar surface area (TPSA) is 75.4 Å². The predicted molar refractivity (Wildman–Crippen MR) is 124 cm³/mol. The first kappa shape index (κ1) is 21.8. The molecular weight excluding hydrogens is 450 g/mol. The molecule has 0 aliphatic carbocycles. The molecule has 6 nitrogen and oxygen atoms in total. The molecule has 3 aromatic carbocycles. The largest absolute Gasteiger partial charge is 0.324 e. The van der Waals surface area contributed by atoms with Gasteiger partial charge in [0.25, 0.3) is 5.95 Å². The predicted octanol–water partition coefficient (Wildman–Crippen LogP) is 7.05. The van der Waals surface area contributed by atoms with Crippen LogP contribution >= 0.6 is 23.2 Å². The highest BCUT2D eigenvalue weighted by Crippen LogP contribution is 2.30. The molecule has 4 rings (SSSR count). The first-order chi connectivity index (χ1) is 15.6. The highest BCUT2D eigenvalue weighted by atomic mass is 35.5. The van der Waals surface area contributed by atoms with Crippen molar-refractivity contribution in [3.63, 3.8) is 0 Å². The van der Waals surface area contributed by atoms with Crippen LogP contribution in [0.3, 0.4) is 0 Å². The molecule has 1 heterocycles. The summed E-state index contributed by atoms with van der Waals surface area (Å²) in [5.74, 6) is -0.280. The van der Waals surface area contributed by atoms with Gasteiger partial charge in [-0.25, -0.2) is 4.39 Å². The Morgan fingerprint density at radius 3 is 2.38 bits per heavy atom. The van der Waals surface area contributed by atoms with Gasteiger partial charge in [0, 0.05) is 10.7 Å². The van der Waals surface area contributed by atoms with Gasteiger partial charge in [-0.15, -0.1) is 5.11 Å². The van der Waals surface area contributed by atoms with Crippen molar-refractivity contribution in [1.29, 1.82) is 0 Å². The quantitative estimate of drug-likeness (QED) is 0.296. The Bertz CT molecular complexity index is 1210. The van der Waals surface area contributed by atoms with Crippen molar-refractivity contribution in [2.75, 3.05) is 11.9 Å². The van der Waals surface area contributed by atoms with Gasteiger partial charge in [0.2, 0.25) is 5.95 Å². The summed E-state index contributed by atoms with van der Waals surface area (Å²) in [6, 6.07) is 21.3. The molecule has 0 atom stereocenters. The molecule has 0 unspecified atom stereocenters. The van der Waals surface area contributed by atoms with E-state index in [1.54, 1.807) is 30.3 Å². The lowest BCUT2D eigenvalue weighted by molar-refractivity contribution is 0.630. The Labute approximate surface area is 194 Å². The van der Waals surface area contributed by atoms with Crippen molar-refractivity contribution in [3.05, 3.63) is 94.2 Å². The minimum absolute atomic E-state index is 0.0406. The molecule has 0 radical (unpaired) electrons. The average molecular weight is 467 g/mol. The summed E-state index contributed by atoms with van der Waals surface area (Å²) in [6.45, 7) is 0.450. The van der Waals surface area contributed by atoms with Gasteiger partial charge in [-0.2, -0.15) is 20.1 Å². The third-order valence-corrected chi connectivity index (χ3v) is 4.98. The minimum Gasteiger partial charge on any atom is -0.324 e. The van der Waals surface area contributed by atoms with Crippen LogP contribution in [0.25, 0.3) is 11.4 Å². The number of hydrogen-bond acceptors (Lipinski definition) is 6. The lowest BCUT2D eigenvalue weighted by Crippen LogP contribution is -2.02. The highest BCUT2D eigenvalue weighted by molar-refractivity contribution is 6.33. The first-order valence-corrected chi connectivity index (χ1v) is 10.5. The monoisotopic (exact) mass is 466 g/mol. The third-order valence-electron chi connectivity index (χ3n) is 4.41. The number of azo groups is 1. The normalized spacial score (nSPS) is 11.1. The Morgan fingerprint density at radius 2 is 1.62 bits per heavy atom. The zero-order valence-electron chi connectivity index (χ0n) is 16.7. The van der Waals surface area contributed by atoms with Crippen LogP contribution in [0.4, 0.5) is 22.0 Å². The Kier molecular flexibility index (Phi) is 6.99. The van der Waals surface area contributed by atoms with Crippen molar-refractivity contribution in [1.82, 2.24) is 15.0 Å². The van der Waals surface area contributed by atoms with E-state index in [1.165, 1.54) is 12.1 Å². The number of benzene rings is 3. The van der Waals surface area contributed by atoms with Crippen LogP contribution in [0.2, 0.25) is 10.0 Å². The van der Waals surface area contributed by atoms with Gasteiger partial charge >= 0.3 is 0 Å². The van der Waals surface area contributed by atoms with Crippen LogP contribution in [0.15, 0.2) is 83.0 Å². The van der Waals surface area contributed by atoms with Crippen molar-refractivity contribution in [2.24, 2.45) is 10.2 Å². The maximum Gasteiger partial charge on any atom is 0.273 e. The Balaban J connectivity index is 1.63. The molecule has 160 valence electrons. The number of nitrogens with zero attached hydrogens (tertiary/aromatic N) is 5. The summed E-state index contributed by atoms with van der Waals surface area (Å²) in [5.41, 5.74) is 1.90. The van der Waals surface area contributed by atoms with E-state index in [0.717, 1.165) is 12.0 Å². The van der Waals surface area contributed by atoms with Crippen LogP contribution in [-0.2, 0) is 6.42 Å². The van der Waals surface area contributed by atoms with Crippen molar-refractivity contribution >= 4 is 40.8 Å². The SMILES string of the molecule is Fc1cccc(Cl)c1-c1nc(N=NCCc2ccccc2)nc(Nc2ccc(Cl)cc2)n1. The van der Waals surface area contributed by atoms with Crippen molar-refractivity contribution < 1.29 is 4.39 Å². The van der Waals surface area contributed by atoms with Gasteiger partial charge in [-0.05, 0) is 48.4 Å². The summed E-state index contributed by atoms with van der Waals surface area (Å²) >= 11 is 12.2. The Morgan fingerprint density at radius 1 is 0.844 bits per heavy atom. The van der Waals surface area contributed by atoms with Gasteiger partial charge in [-0.3, -0.25) is 0 Å². The number of halogens is 3. The lowest BCUT2D eigenvalue weighted by atomic mass is 10.2. The maximum absolute atomic E-state index is 14.5. The van der Waals surface area contributed by atoms with Crippen LogP contribution in [0, 0.1) is 5.82 Å². The molecule has 0 aliphatic rings. The lowest BCUT2D eigenvalue weighted by Gasteiger charge is -2.09. The number of hydrogen-bond donors (Lipinski definition) is 1. The standard InChI is InChI=1S/C23H17Cl2FN6/c24-16-9-11-17(12-10-16)28-22-29-21(20-18(25)7-4-8-19(20)26)30-23(31-22)32-27-14-13-15-5-2-1-3-6-15/h1-12H,13-14H2,(H,28,29,30,31). The molecule has 0 bridgehead atoms. The van der Waals surface area contributed by atoms with Gasteiger partial charge in [-0.1, -0.05) is 59.6 Å². The molecular formula is C23H17Cl2FN6. The molecule has 1 N–H and O–H groups in total. The first-order valence-electron chi connectivity index (χ1n) is 9.73. The molecule has 0 amide bonds. The number of anilines is 2. The average Bonchev–Trinajstić information content (AvgIpc) is 2.79. The fraction of sp³-hybridized carbons (Fsp3) is 0.0870. The van der Waals surface area contributed by atoms with E-state index in [9.17, 15) is 4.39 Å². The molecule has 4 aromatic rings. The van der Waals surface area contributed by atoms with Gasteiger partial charge in [0.05, 0.1) is 17.1 Å². The molecule has 0 saturated carbocycles. The minimum atomic E-state index is -0.548. The van der Waals surface area contributed by atoms with E-state index in [2.05, 4.69) is 30.5 Å². The molecule has 0 saturated heterocycles. The van der Waals surface area contributed by atoms with Crippen molar-refractivity contribution in [2.45, 2.75) is 6.42 Å². The molecule has 32 heavy (non-hydrogen) atoms. The second-order valence-electron chi connectivity index (χ2n) is 6.71. The van der Waals surface area contributed by atoms with Crippen LogP contribution < -0.4 is 5.32 Å². The van der Waals surface area contributed by atoms with E-state index >= 15 is 0 Å². The zero-order valence-corrected chi connectivity index (χ0v) is 18.2. The van der Waals surface area contributed by atoms with Gasteiger partial charge in [0.15, 0.2) is 5.82 Å². The van der Waals surface area contributed by atoms with Gasteiger partial charge in [0.1, 0.15) is 5.82 Å². The summed E-state index contributed by atoms with van der Waals surface area (Å²) in [7, 11) is 0. The number of aromatic nitrogens is 3. The fourth-order valence-electron chi connectivity index (χ4n) is 2.89. The zero-order chi connectivity index (χ0) is 22.3. The fourth-order valence-corrected chi connectivity index (χ4v) is 3.26. The van der Waals surface area contributed by atoms with Crippen LogP contribution in [0.1, 0.15) is 5.56 Å². The summed E-state index contributed by atoms with van der Waals surface area (Å²) in [5, 5.41) is 12.1. The Hall–Kier alpha value is -3.42. The van der Waals surface area contributed by atoms with E-state index in [4.69, 9.17) is 23.2 Å². The summed E-state index contributed by atoms with van der Waals surface area (Å²) in [4.78, 5) is 12.9. The van der Waals surface area contributed by atoms with E-state index in [0.29, 0.717) is 17.3 Å². The van der Waals surface area contributed by atoms with E-state index in [-0.39, 0.29) is 28.3 Å². The van der Waals surface area contributed by atoms with E-state index in [1.807, 2.05) is 30.3 Å². The second-order valence-corrected chi connectivity index (χ2v) is 7.56. The second kappa shape index (κ2) is 10.3. The molecule has 0 fully saturated rings. The third kappa shape index (κ3) is 5.63. The van der Waals surface area contributed by atoms with Crippen molar-refractivity contribution in [3.8, 4) is 11.4 Å². The molecule has 0 aliphatic heterocycles. The highest BCUT2D eigenvalue weighted by Gasteiger charge is 2.16. The smallest absolute Gasteiger partial charge is 0.273 e. The summed E-state index contributed by atoms with van der Waals surface area (Å²) in [6.07, 6.45) is 0.720. The molecule has 0 spiro atoms. The molecule has 1 aromatic heterocycles. The number of nitrogens with one attached hydrogen (secondary N) is 1.